The van der Waals surface area contributed by atoms with Crippen LogP contribution in [-0.4, -0.2) is 31.7 Å². The number of carboxylic acids is 1. The number of benzene rings is 2. The molecule has 4 rings (SSSR count). The zero-order valence-electron chi connectivity index (χ0n) is 14.9. The summed E-state index contributed by atoms with van der Waals surface area (Å²) in [5.41, 5.74) is 1.20. The van der Waals surface area contributed by atoms with E-state index in [4.69, 9.17) is 4.74 Å². The van der Waals surface area contributed by atoms with E-state index in [2.05, 4.69) is 10.1 Å². The van der Waals surface area contributed by atoms with E-state index in [0.29, 0.717) is 18.9 Å². The lowest BCUT2D eigenvalue weighted by atomic mass is 10.2. The largest absolute Gasteiger partial charge is 0.550 e. The van der Waals surface area contributed by atoms with Gasteiger partial charge in [-0.3, -0.25) is 4.79 Å². The summed E-state index contributed by atoms with van der Waals surface area (Å²) in [6.07, 6.45) is -0.298. The van der Waals surface area contributed by atoms with Crippen LogP contribution in [0, 0.1) is 0 Å². The maximum atomic E-state index is 12.3. The van der Waals surface area contributed by atoms with Crippen molar-refractivity contribution in [3.63, 3.8) is 0 Å². The van der Waals surface area contributed by atoms with Gasteiger partial charge in [0.05, 0.1) is 17.6 Å². The SMILES string of the molecule is O=C([O-])CCc1nn2c3ccccc3n(CCOc3ccccc3)c2nc1=O. The van der Waals surface area contributed by atoms with E-state index >= 15 is 0 Å². The molecule has 0 N–H and O–H groups in total. The number of ether oxygens (including phenoxy) is 1. The molecule has 2 aromatic carbocycles. The monoisotopic (exact) mass is 377 g/mol. The maximum Gasteiger partial charge on any atom is 0.296 e. The van der Waals surface area contributed by atoms with Crippen molar-refractivity contribution in [2.24, 2.45) is 0 Å². The molecule has 0 bridgehead atoms. The third-order valence-corrected chi connectivity index (χ3v) is 4.39. The molecule has 2 heterocycles. The van der Waals surface area contributed by atoms with Gasteiger partial charge >= 0.3 is 0 Å². The van der Waals surface area contributed by atoms with E-state index in [1.54, 1.807) is 4.52 Å². The third-order valence-electron chi connectivity index (χ3n) is 4.39. The normalized spacial score (nSPS) is 11.1. The molecule has 0 atom stereocenters. The fourth-order valence-electron chi connectivity index (χ4n) is 3.10. The quantitative estimate of drug-likeness (QED) is 0.472. The van der Waals surface area contributed by atoms with E-state index in [0.717, 1.165) is 16.8 Å². The number of aryl methyl sites for hydroxylation is 1. The summed E-state index contributed by atoms with van der Waals surface area (Å²) < 4.78 is 9.21. The smallest absolute Gasteiger partial charge is 0.296 e. The van der Waals surface area contributed by atoms with Crippen molar-refractivity contribution in [3.05, 3.63) is 70.6 Å². The van der Waals surface area contributed by atoms with E-state index in [1.165, 1.54) is 0 Å². The van der Waals surface area contributed by atoms with Crippen molar-refractivity contribution in [1.29, 1.82) is 0 Å². The van der Waals surface area contributed by atoms with Gasteiger partial charge in [-0.2, -0.15) is 14.6 Å². The second kappa shape index (κ2) is 7.51. The van der Waals surface area contributed by atoms with Crippen molar-refractivity contribution in [2.75, 3.05) is 6.61 Å². The molecular weight excluding hydrogens is 360 g/mol. The minimum absolute atomic E-state index is 0.0201. The van der Waals surface area contributed by atoms with Crippen molar-refractivity contribution in [1.82, 2.24) is 19.2 Å². The van der Waals surface area contributed by atoms with Gasteiger partial charge in [0.2, 0.25) is 5.78 Å². The molecular formula is C20H17N4O4-. The number of aromatic nitrogens is 4. The van der Waals surface area contributed by atoms with Crippen molar-refractivity contribution < 1.29 is 14.6 Å². The molecule has 0 spiro atoms. The molecule has 0 unspecified atom stereocenters. The number of aliphatic carboxylic acids is 1. The van der Waals surface area contributed by atoms with E-state index in [9.17, 15) is 14.7 Å². The van der Waals surface area contributed by atoms with Crippen LogP contribution in [0.4, 0.5) is 0 Å². The predicted molar refractivity (Wildman–Crippen MR) is 100 cm³/mol. The first kappa shape index (κ1) is 17.7. The fourth-order valence-corrected chi connectivity index (χ4v) is 3.10. The Bertz CT molecular complexity index is 1200. The number of fused-ring (bicyclic) bond motifs is 3. The number of para-hydroxylation sites is 3. The molecule has 4 aromatic rings. The van der Waals surface area contributed by atoms with Crippen LogP contribution in [0.1, 0.15) is 12.1 Å². The van der Waals surface area contributed by atoms with Gasteiger partial charge in [0.15, 0.2) is 0 Å². The molecule has 0 aliphatic rings. The van der Waals surface area contributed by atoms with Gasteiger partial charge in [-0.05, 0) is 30.7 Å². The number of nitrogens with zero attached hydrogens (tertiary/aromatic N) is 4. The molecule has 8 nitrogen and oxygen atoms in total. The Morgan fingerprint density at radius 1 is 1.04 bits per heavy atom. The number of carbonyl (C=O) groups is 1. The van der Waals surface area contributed by atoms with Crippen LogP contribution in [0.25, 0.3) is 16.8 Å². The summed E-state index contributed by atoms with van der Waals surface area (Å²) in [4.78, 5) is 27.2. The van der Waals surface area contributed by atoms with Gasteiger partial charge in [-0.15, -0.1) is 0 Å². The molecule has 2 aromatic heterocycles. The Labute approximate surface area is 159 Å². The van der Waals surface area contributed by atoms with Crippen LogP contribution in [0.15, 0.2) is 59.4 Å². The molecule has 0 saturated carbocycles. The molecule has 0 amide bonds. The number of rotatable bonds is 7. The van der Waals surface area contributed by atoms with Crippen LogP contribution in [0.2, 0.25) is 0 Å². The number of carbonyl (C=O) groups excluding carboxylic acids is 1. The summed E-state index contributed by atoms with van der Waals surface area (Å²) in [5, 5.41) is 15.1. The molecule has 0 fully saturated rings. The van der Waals surface area contributed by atoms with E-state index in [1.807, 2.05) is 59.2 Å². The molecule has 28 heavy (non-hydrogen) atoms. The molecule has 8 heteroatoms. The van der Waals surface area contributed by atoms with E-state index in [-0.39, 0.29) is 18.5 Å². The lowest BCUT2D eigenvalue weighted by molar-refractivity contribution is -0.305. The molecule has 0 aliphatic carbocycles. The first-order valence-electron chi connectivity index (χ1n) is 8.88. The minimum Gasteiger partial charge on any atom is -0.550 e. The van der Waals surface area contributed by atoms with Crippen molar-refractivity contribution in [2.45, 2.75) is 19.4 Å². The van der Waals surface area contributed by atoms with Crippen LogP contribution in [0.3, 0.4) is 0 Å². The zero-order chi connectivity index (χ0) is 19.5. The first-order valence-corrected chi connectivity index (χ1v) is 8.88. The van der Waals surface area contributed by atoms with Crippen LogP contribution >= 0.6 is 0 Å². The van der Waals surface area contributed by atoms with Gasteiger partial charge in [0.25, 0.3) is 5.56 Å². The summed E-state index contributed by atoms with van der Waals surface area (Å²) in [7, 11) is 0. The highest BCUT2D eigenvalue weighted by Gasteiger charge is 2.15. The Morgan fingerprint density at radius 3 is 2.50 bits per heavy atom. The third kappa shape index (κ3) is 3.44. The Balaban J connectivity index is 1.71. The number of imidazole rings is 1. The van der Waals surface area contributed by atoms with Gasteiger partial charge in [0.1, 0.15) is 18.1 Å². The van der Waals surface area contributed by atoms with Crippen LogP contribution in [-0.2, 0) is 17.8 Å². The molecule has 142 valence electrons. The lowest BCUT2D eigenvalue weighted by Crippen LogP contribution is -2.26. The molecule has 0 saturated heterocycles. The second-order valence-corrected chi connectivity index (χ2v) is 6.25. The minimum atomic E-state index is -1.23. The summed E-state index contributed by atoms with van der Waals surface area (Å²) in [6, 6.07) is 17.0. The number of carboxylic acid groups (broad SMARTS) is 1. The molecule has 0 radical (unpaired) electrons. The Morgan fingerprint density at radius 2 is 1.75 bits per heavy atom. The maximum absolute atomic E-state index is 12.3. The highest BCUT2D eigenvalue weighted by Crippen LogP contribution is 2.18. The highest BCUT2D eigenvalue weighted by atomic mass is 16.5. The first-order chi connectivity index (χ1) is 13.6. The molecule has 0 aliphatic heterocycles. The van der Waals surface area contributed by atoms with Crippen molar-refractivity contribution in [3.8, 4) is 5.75 Å². The van der Waals surface area contributed by atoms with Crippen molar-refractivity contribution >= 4 is 22.8 Å². The van der Waals surface area contributed by atoms with Gasteiger partial charge < -0.3 is 19.2 Å². The van der Waals surface area contributed by atoms with Crippen LogP contribution < -0.4 is 15.4 Å². The number of hydrogen-bond acceptors (Lipinski definition) is 6. The number of hydrogen-bond donors (Lipinski definition) is 0. The van der Waals surface area contributed by atoms with Crippen LogP contribution in [0.5, 0.6) is 5.75 Å². The Hall–Kier alpha value is -3.68. The van der Waals surface area contributed by atoms with Gasteiger partial charge in [-0.25, -0.2) is 0 Å². The average molecular weight is 377 g/mol. The second-order valence-electron chi connectivity index (χ2n) is 6.25. The fraction of sp³-hybridized carbons (Fsp3) is 0.200. The Kier molecular flexibility index (Phi) is 4.76. The predicted octanol–water partition coefficient (Wildman–Crippen LogP) is 0.806. The van der Waals surface area contributed by atoms with E-state index < -0.39 is 11.5 Å². The lowest BCUT2D eigenvalue weighted by Gasteiger charge is -2.08. The summed E-state index contributed by atoms with van der Waals surface area (Å²) >= 11 is 0. The summed E-state index contributed by atoms with van der Waals surface area (Å²) in [6.45, 7) is 0.860. The van der Waals surface area contributed by atoms with Gasteiger partial charge in [-0.1, -0.05) is 30.3 Å². The van der Waals surface area contributed by atoms with Gasteiger partial charge in [0, 0.05) is 12.4 Å². The highest BCUT2D eigenvalue weighted by molar-refractivity contribution is 5.80. The average Bonchev–Trinajstić information content (AvgIpc) is 3.00. The summed E-state index contributed by atoms with van der Waals surface area (Å²) in [5.74, 6) is -0.0806. The standard InChI is InChI=1S/C20H18N4O4/c25-18(26)11-10-15-19(27)21-20-23(12-13-28-14-6-2-1-3-7-14)16-8-4-5-9-17(16)24(20)22-15/h1-9H,10-13H2,(H,25,26)/p-1. The zero-order valence-corrected chi connectivity index (χ0v) is 14.9. The topological polar surface area (TPSA) is 102 Å².